The zero-order chi connectivity index (χ0) is 22.5. The smallest absolute Gasteiger partial charge is 0.309 e. The highest BCUT2D eigenvalue weighted by molar-refractivity contribution is 5.75. The van der Waals surface area contributed by atoms with Crippen molar-refractivity contribution in [3.05, 3.63) is 0 Å². The van der Waals surface area contributed by atoms with E-state index in [1.807, 2.05) is 20.8 Å². The lowest BCUT2D eigenvalue weighted by molar-refractivity contribution is -0.154. The molecule has 0 aromatic heterocycles. The van der Waals surface area contributed by atoms with Gasteiger partial charge in [0, 0.05) is 13.2 Å². The molecule has 0 aromatic carbocycles. The number of ether oxygens (including phenoxy) is 6. The summed E-state index contributed by atoms with van der Waals surface area (Å²) in [4.78, 5) is 24.3. The molecular formula is C22H42O8. The Morgan fingerprint density at radius 1 is 0.600 bits per heavy atom. The van der Waals surface area contributed by atoms with Crippen molar-refractivity contribution in [2.75, 3.05) is 66.1 Å². The summed E-state index contributed by atoms with van der Waals surface area (Å²) in [5, 5.41) is 0. The number of carbonyl (C=O) groups is 2. The molecule has 8 heteroatoms. The van der Waals surface area contributed by atoms with E-state index in [0.717, 1.165) is 26.1 Å². The third-order valence-electron chi connectivity index (χ3n) is 4.25. The largest absolute Gasteiger partial charge is 0.463 e. The van der Waals surface area contributed by atoms with Crippen LogP contribution in [0.25, 0.3) is 0 Å². The van der Waals surface area contributed by atoms with E-state index in [2.05, 4.69) is 0 Å². The molecule has 0 aliphatic rings. The summed E-state index contributed by atoms with van der Waals surface area (Å²) in [5.41, 5.74) is 0. The number of hydrogen-bond donors (Lipinski definition) is 0. The number of rotatable bonds is 21. The Kier molecular flexibility index (Phi) is 20.2. The lowest BCUT2D eigenvalue weighted by Gasteiger charge is -2.18. The molecule has 30 heavy (non-hydrogen) atoms. The molecule has 0 rings (SSSR count). The Morgan fingerprint density at radius 2 is 1.00 bits per heavy atom. The molecule has 0 fully saturated rings. The lowest BCUT2D eigenvalue weighted by Crippen LogP contribution is -2.26. The van der Waals surface area contributed by atoms with E-state index in [1.165, 1.54) is 0 Å². The SMILES string of the molecule is CCCOCCOCCOC(=O)C(C)CC(CC)C(=O)OCCOCCOCCC. The van der Waals surface area contributed by atoms with Crippen LogP contribution >= 0.6 is 0 Å². The second-order valence-electron chi connectivity index (χ2n) is 7.03. The maximum atomic E-state index is 12.2. The van der Waals surface area contributed by atoms with Crippen LogP contribution in [-0.4, -0.2) is 78.0 Å². The summed E-state index contributed by atoms with van der Waals surface area (Å²) in [6, 6.07) is 0. The summed E-state index contributed by atoms with van der Waals surface area (Å²) < 4.78 is 31.8. The molecule has 0 N–H and O–H groups in total. The monoisotopic (exact) mass is 434 g/mol. The van der Waals surface area contributed by atoms with E-state index in [4.69, 9.17) is 28.4 Å². The van der Waals surface area contributed by atoms with Gasteiger partial charge in [0.1, 0.15) is 13.2 Å². The van der Waals surface area contributed by atoms with Gasteiger partial charge in [-0.2, -0.15) is 0 Å². The summed E-state index contributed by atoms with van der Waals surface area (Å²) >= 11 is 0. The summed E-state index contributed by atoms with van der Waals surface area (Å²) in [7, 11) is 0. The highest BCUT2D eigenvalue weighted by atomic mass is 16.6. The molecule has 0 radical (unpaired) electrons. The predicted octanol–water partition coefficient (Wildman–Crippen LogP) is 3.01. The van der Waals surface area contributed by atoms with E-state index in [-0.39, 0.29) is 37.0 Å². The van der Waals surface area contributed by atoms with E-state index < -0.39 is 0 Å². The third-order valence-corrected chi connectivity index (χ3v) is 4.25. The van der Waals surface area contributed by atoms with E-state index >= 15 is 0 Å². The molecule has 0 heterocycles. The molecular weight excluding hydrogens is 392 g/mol. The Labute approximate surface area is 181 Å². The minimum absolute atomic E-state index is 0.192. The molecule has 2 atom stereocenters. The number of esters is 2. The Morgan fingerprint density at radius 3 is 1.43 bits per heavy atom. The lowest BCUT2D eigenvalue weighted by atomic mass is 9.94. The first-order valence-electron chi connectivity index (χ1n) is 11.2. The van der Waals surface area contributed by atoms with Gasteiger partial charge in [-0.3, -0.25) is 9.59 Å². The zero-order valence-electron chi connectivity index (χ0n) is 19.3. The van der Waals surface area contributed by atoms with Gasteiger partial charge in [-0.15, -0.1) is 0 Å². The van der Waals surface area contributed by atoms with Gasteiger partial charge >= 0.3 is 11.9 Å². The van der Waals surface area contributed by atoms with E-state index in [0.29, 0.717) is 52.5 Å². The van der Waals surface area contributed by atoms with Crippen molar-refractivity contribution in [3.63, 3.8) is 0 Å². The van der Waals surface area contributed by atoms with Crippen LogP contribution in [0.15, 0.2) is 0 Å². The summed E-state index contributed by atoms with van der Waals surface area (Å²) in [6.07, 6.45) is 2.95. The Bertz CT molecular complexity index is 416. The predicted molar refractivity (Wildman–Crippen MR) is 113 cm³/mol. The molecule has 0 saturated heterocycles. The molecule has 0 aliphatic heterocycles. The normalized spacial score (nSPS) is 13.1. The fourth-order valence-corrected chi connectivity index (χ4v) is 2.55. The Hall–Kier alpha value is -1.22. The quantitative estimate of drug-likeness (QED) is 0.201. The first-order chi connectivity index (χ1) is 14.6. The fraction of sp³-hybridized carbons (Fsp3) is 0.909. The van der Waals surface area contributed by atoms with Crippen LogP contribution in [0.5, 0.6) is 0 Å². The zero-order valence-corrected chi connectivity index (χ0v) is 19.3. The summed E-state index contributed by atoms with van der Waals surface area (Å²) in [5.74, 6) is -1.37. The van der Waals surface area contributed by atoms with Gasteiger partial charge in [-0.05, 0) is 25.7 Å². The number of hydrogen-bond acceptors (Lipinski definition) is 8. The molecule has 0 aromatic rings. The molecule has 0 aliphatic carbocycles. The molecule has 0 saturated carbocycles. The van der Waals surface area contributed by atoms with Crippen molar-refractivity contribution in [1.29, 1.82) is 0 Å². The fourth-order valence-electron chi connectivity index (χ4n) is 2.55. The van der Waals surface area contributed by atoms with Gasteiger partial charge in [0.2, 0.25) is 0 Å². The molecule has 0 bridgehead atoms. The van der Waals surface area contributed by atoms with Crippen molar-refractivity contribution >= 4 is 11.9 Å². The van der Waals surface area contributed by atoms with Gasteiger partial charge in [0.05, 0.1) is 51.5 Å². The third kappa shape index (κ3) is 16.6. The first-order valence-corrected chi connectivity index (χ1v) is 11.2. The second-order valence-corrected chi connectivity index (χ2v) is 7.03. The molecule has 2 unspecified atom stereocenters. The maximum Gasteiger partial charge on any atom is 0.309 e. The summed E-state index contributed by atoms with van der Waals surface area (Å²) in [6.45, 7) is 12.3. The second kappa shape index (κ2) is 21.0. The Balaban J connectivity index is 3.86. The minimum Gasteiger partial charge on any atom is -0.463 e. The van der Waals surface area contributed by atoms with Gasteiger partial charge in [0.15, 0.2) is 0 Å². The first kappa shape index (κ1) is 28.8. The van der Waals surface area contributed by atoms with E-state index in [1.54, 1.807) is 6.92 Å². The average Bonchev–Trinajstić information content (AvgIpc) is 2.75. The van der Waals surface area contributed by atoms with Crippen LogP contribution in [0.1, 0.15) is 53.4 Å². The maximum absolute atomic E-state index is 12.2. The van der Waals surface area contributed by atoms with Crippen molar-refractivity contribution in [2.24, 2.45) is 11.8 Å². The van der Waals surface area contributed by atoms with Crippen molar-refractivity contribution in [3.8, 4) is 0 Å². The highest BCUT2D eigenvalue weighted by Gasteiger charge is 2.25. The average molecular weight is 435 g/mol. The van der Waals surface area contributed by atoms with Crippen LogP contribution in [0.3, 0.4) is 0 Å². The van der Waals surface area contributed by atoms with Crippen LogP contribution in [-0.2, 0) is 38.0 Å². The van der Waals surface area contributed by atoms with Crippen molar-refractivity contribution < 1.29 is 38.0 Å². The standard InChI is InChI=1S/C22H42O8/c1-5-8-25-10-12-27-14-16-29-21(23)19(4)18-20(7-3)22(24)30-17-15-28-13-11-26-9-6-2/h19-20H,5-18H2,1-4H3. The van der Waals surface area contributed by atoms with Crippen molar-refractivity contribution in [1.82, 2.24) is 0 Å². The molecule has 178 valence electrons. The highest BCUT2D eigenvalue weighted by Crippen LogP contribution is 2.18. The van der Waals surface area contributed by atoms with Crippen LogP contribution in [0.4, 0.5) is 0 Å². The topological polar surface area (TPSA) is 89.5 Å². The van der Waals surface area contributed by atoms with Crippen LogP contribution < -0.4 is 0 Å². The molecule has 0 amide bonds. The van der Waals surface area contributed by atoms with Gasteiger partial charge in [-0.25, -0.2) is 0 Å². The van der Waals surface area contributed by atoms with Crippen LogP contribution in [0, 0.1) is 11.8 Å². The van der Waals surface area contributed by atoms with Gasteiger partial charge < -0.3 is 28.4 Å². The molecule has 8 nitrogen and oxygen atoms in total. The minimum atomic E-state index is -0.387. The van der Waals surface area contributed by atoms with E-state index in [9.17, 15) is 9.59 Å². The van der Waals surface area contributed by atoms with Crippen LogP contribution in [0.2, 0.25) is 0 Å². The number of carbonyl (C=O) groups excluding carboxylic acids is 2. The molecule has 0 spiro atoms. The van der Waals surface area contributed by atoms with Gasteiger partial charge in [-0.1, -0.05) is 27.7 Å². The van der Waals surface area contributed by atoms with Gasteiger partial charge in [0.25, 0.3) is 0 Å². The van der Waals surface area contributed by atoms with Crippen molar-refractivity contribution in [2.45, 2.75) is 53.4 Å².